The average molecular weight is 268 g/mol. The summed E-state index contributed by atoms with van der Waals surface area (Å²) >= 11 is 23.5. The first-order valence-corrected chi connectivity index (χ1v) is 5.97. The Hall–Kier alpha value is 1.12. The van der Waals surface area contributed by atoms with Crippen molar-refractivity contribution in [3.8, 4) is 0 Å². The second-order valence-electron chi connectivity index (χ2n) is 3.04. The van der Waals surface area contributed by atoms with Gasteiger partial charge in [-0.2, -0.15) is 0 Å². The summed E-state index contributed by atoms with van der Waals surface area (Å²) in [5.41, 5.74) is -0.488. The molecule has 0 aromatic carbocycles. The lowest BCUT2D eigenvalue weighted by molar-refractivity contribution is -0.934. The lowest BCUT2D eigenvalue weighted by atomic mass is 10.3. The molecule has 80 valence electrons. The van der Waals surface area contributed by atoms with Gasteiger partial charge in [-0.15, -0.1) is 0 Å². The minimum atomic E-state index is -1.40. The molecule has 0 spiro atoms. The van der Waals surface area contributed by atoms with E-state index in [-0.39, 0.29) is 0 Å². The van der Waals surface area contributed by atoms with Gasteiger partial charge in [-0.25, -0.2) is 0 Å². The van der Waals surface area contributed by atoms with Gasteiger partial charge < -0.3 is 4.48 Å². The first kappa shape index (κ1) is 14.1. The molecule has 0 saturated carbocycles. The van der Waals surface area contributed by atoms with Gasteiger partial charge in [0.2, 0.25) is 5.50 Å². The van der Waals surface area contributed by atoms with Crippen LogP contribution in [0.2, 0.25) is 0 Å². The lowest BCUT2D eigenvalue weighted by Gasteiger charge is -2.42. The van der Waals surface area contributed by atoms with E-state index in [0.29, 0.717) is 4.48 Å². The van der Waals surface area contributed by atoms with Crippen molar-refractivity contribution in [2.45, 2.75) is 30.1 Å². The normalized spacial score (nSPS) is 15.9. The van der Waals surface area contributed by atoms with Crippen molar-refractivity contribution in [1.82, 2.24) is 0 Å². The van der Waals surface area contributed by atoms with Crippen LogP contribution in [-0.4, -0.2) is 33.4 Å². The summed E-state index contributed by atoms with van der Waals surface area (Å²) in [5, 5.41) is 0. The molecule has 0 saturated heterocycles. The van der Waals surface area contributed by atoms with Gasteiger partial charge in [-0.1, -0.05) is 46.4 Å². The molecule has 0 heterocycles. The number of rotatable bonds is 4. The van der Waals surface area contributed by atoms with Crippen LogP contribution in [0.15, 0.2) is 0 Å². The SMILES string of the molecule is CC[N+](CC)(CC)C(Cl)C(Cl)(Cl)Cl. The number of hydrogen-bond acceptors (Lipinski definition) is 0. The van der Waals surface area contributed by atoms with E-state index in [1.54, 1.807) is 0 Å². The van der Waals surface area contributed by atoms with Crippen LogP contribution in [-0.2, 0) is 0 Å². The molecule has 0 amide bonds. The Labute approximate surface area is 100 Å². The van der Waals surface area contributed by atoms with Crippen molar-refractivity contribution < 1.29 is 4.48 Å². The Bertz CT molecular complexity index is 142. The summed E-state index contributed by atoms with van der Waals surface area (Å²) in [6, 6.07) is 0. The molecular weight excluding hydrogens is 252 g/mol. The monoisotopic (exact) mass is 266 g/mol. The highest BCUT2D eigenvalue weighted by molar-refractivity contribution is 6.70. The predicted octanol–water partition coefficient (Wildman–Crippen LogP) is 3.80. The molecule has 0 aliphatic carbocycles. The highest BCUT2D eigenvalue weighted by Crippen LogP contribution is 2.39. The van der Waals surface area contributed by atoms with Gasteiger partial charge >= 0.3 is 0 Å². The van der Waals surface area contributed by atoms with Gasteiger partial charge in [0.1, 0.15) is 0 Å². The Morgan fingerprint density at radius 1 is 1.00 bits per heavy atom. The number of quaternary nitrogens is 1. The molecule has 0 aliphatic rings. The molecule has 1 nitrogen and oxygen atoms in total. The maximum absolute atomic E-state index is 6.16. The molecule has 0 bridgehead atoms. The number of alkyl halides is 4. The fourth-order valence-corrected chi connectivity index (χ4v) is 2.50. The first-order valence-electron chi connectivity index (χ1n) is 4.40. The lowest BCUT2D eigenvalue weighted by Crippen LogP contribution is -2.57. The van der Waals surface area contributed by atoms with Crippen LogP contribution in [0.3, 0.4) is 0 Å². The maximum Gasteiger partial charge on any atom is 0.257 e. The Morgan fingerprint density at radius 3 is 1.38 bits per heavy atom. The first-order chi connectivity index (χ1) is 5.84. The third-order valence-corrected chi connectivity index (χ3v) is 4.34. The third kappa shape index (κ3) is 3.32. The standard InChI is InChI=1S/C8H16Cl4N/c1-4-13(5-2,6-3)7(9)8(10,11)12/h7H,4-6H2,1-3H3/q+1. The molecular formula is C8H16Cl4N+. The van der Waals surface area contributed by atoms with Gasteiger partial charge in [0.15, 0.2) is 0 Å². The highest BCUT2D eigenvalue weighted by atomic mass is 35.6. The van der Waals surface area contributed by atoms with Crippen LogP contribution < -0.4 is 0 Å². The largest absolute Gasteiger partial charge is 0.306 e. The predicted molar refractivity (Wildman–Crippen MR) is 61.8 cm³/mol. The van der Waals surface area contributed by atoms with E-state index in [0.717, 1.165) is 19.6 Å². The molecule has 1 atom stereocenters. The minimum absolute atomic E-state index is 0.488. The van der Waals surface area contributed by atoms with E-state index in [9.17, 15) is 0 Å². The smallest absolute Gasteiger partial charge is 0.257 e. The number of halogens is 4. The minimum Gasteiger partial charge on any atom is -0.306 e. The van der Waals surface area contributed by atoms with Crippen LogP contribution in [0.1, 0.15) is 20.8 Å². The topological polar surface area (TPSA) is 0 Å². The van der Waals surface area contributed by atoms with Crippen LogP contribution in [0, 0.1) is 0 Å². The van der Waals surface area contributed by atoms with E-state index in [4.69, 9.17) is 46.4 Å². The molecule has 0 fully saturated rings. The molecule has 0 rings (SSSR count). The zero-order valence-electron chi connectivity index (χ0n) is 8.16. The quantitative estimate of drug-likeness (QED) is 0.413. The average Bonchev–Trinajstić information content (AvgIpc) is 2.07. The summed E-state index contributed by atoms with van der Waals surface area (Å²) in [7, 11) is 0. The van der Waals surface area contributed by atoms with Crippen molar-refractivity contribution in [3.05, 3.63) is 0 Å². The molecule has 0 aromatic rings. The van der Waals surface area contributed by atoms with E-state index >= 15 is 0 Å². The molecule has 5 heteroatoms. The van der Waals surface area contributed by atoms with Crippen molar-refractivity contribution in [2.75, 3.05) is 19.6 Å². The molecule has 0 N–H and O–H groups in total. The van der Waals surface area contributed by atoms with Crippen molar-refractivity contribution >= 4 is 46.4 Å². The molecule has 13 heavy (non-hydrogen) atoms. The summed E-state index contributed by atoms with van der Waals surface area (Å²) in [5.74, 6) is 0. The molecule has 0 aromatic heterocycles. The van der Waals surface area contributed by atoms with E-state index in [1.165, 1.54) is 0 Å². The number of nitrogens with zero attached hydrogens (tertiary/aromatic N) is 1. The van der Waals surface area contributed by atoms with Crippen LogP contribution in [0.5, 0.6) is 0 Å². The maximum atomic E-state index is 6.16. The van der Waals surface area contributed by atoms with Crippen LogP contribution in [0.4, 0.5) is 0 Å². The van der Waals surface area contributed by atoms with Gasteiger partial charge in [0.25, 0.3) is 3.79 Å². The highest BCUT2D eigenvalue weighted by Gasteiger charge is 2.45. The van der Waals surface area contributed by atoms with E-state index in [1.807, 2.05) is 0 Å². The second kappa shape index (κ2) is 5.27. The van der Waals surface area contributed by atoms with Gasteiger partial charge in [-0.05, 0) is 20.8 Å². The van der Waals surface area contributed by atoms with E-state index in [2.05, 4.69) is 20.8 Å². The molecule has 1 unspecified atom stereocenters. The summed E-state index contributed by atoms with van der Waals surface area (Å²) in [6.07, 6.45) is 0. The van der Waals surface area contributed by atoms with Crippen LogP contribution >= 0.6 is 46.4 Å². The Morgan fingerprint density at radius 2 is 1.31 bits per heavy atom. The molecule has 0 radical (unpaired) electrons. The fraction of sp³-hybridized carbons (Fsp3) is 1.00. The zero-order chi connectivity index (χ0) is 10.7. The Kier molecular flexibility index (Phi) is 5.73. The van der Waals surface area contributed by atoms with Crippen molar-refractivity contribution in [1.29, 1.82) is 0 Å². The third-order valence-electron chi connectivity index (χ3n) is 2.64. The van der Waals surface area contributed by atoms with Crippen molar-refractivity contribution in [3.63, 3.8) is 0 Å². The fourth-order valence-electron chi connectivity index (χ4n) is 1.46. The summed E-state index contributed by atoms with van der Waals surface area (Å²) < 4.78 is -0.776. The number of hydrogen-bond donors (Lipinski definition) is 0. The zero-order valence-corrected chi connectivity index (χ0v) is 11.2. The van der Waals surface area contributed by atoms with Gasteiger partial charge in [-0.3, -0.25) is 0 Å². The van der Waals surface area contributed by atoms with Crippen LogP contribution in [0.25, 0.3) is 0 Å². The van der Waals surface area contributed by atoms with Crippen molar-refractivity contribution in [2.24, 2.45) is 0 Å². The summed E-state index contributed by atoms with van der Waals surface area (Å²) in [6.45, 7) is 8.77. The van der Waals surface area contributed by atoms with Gasteiger partial charge in [0.05, 0.1) is 19.6 Å². The summed E-state index contributed by atoms with van der Waals surface area (Å²) in [4.78, 5) is 0. The second-order valence-corrected chi connectivity index (χ2v) is 5.83. The van der Waals surface area contributed by atoms with Gasteiger partial charge in [0, 0.05) is 0 Å². The van der Waals surface area contributed by atoms with E-state index < -0.39 is 9.29 Å². The Balaban J connectivity index is 4.73. The molecule has 0 aliphatic heterocycles.